The Labute approximate surface area is 119 Å². The van der Waals surface area contributed by atoms with Crippen molar-refractivity contribution in [1.29, 1.82) is 0 Å². The number of ether oxygens (including phenoxy) is 2. The van der Waals surface area contributed by atoms with E-state index in [0.717, 1.165) is 6.07 Å². The maximum absolute atomic E-state index is 11.8. The topological polar surface area (TPSA) is 109 Å². The predicted molar refractivity (Wildman–Crippen MR) is 70.0 cm³/mol. The molecular formula is C12H12N4O5. The normalized spacial score (nSPS) is 10.1. The van der Waals surface area contributed by atoms with Gasteiger partial charge in [-0.25, -0.2) is 14.5 Å². The first-order valence-electron chi connectivity index (χ1n) is 5.94. The molecule has 0 N–H and O–H groups in total. The fraction of sp³-hybridized carbons (Fsp3) is 0.250. The average molecular weight is 292 g/mol. The number of nitro benzene ring substituents is 1. The maximum atomic E-state index is 11.8. The summed E-state index contributed by atoms with van der Waals surface area (Å²) in [6, 6.07) is 3.88. The zero-order chi connectivity index (χ0) is 15.2. The summed E-state index contributed by atoms with van der Waals surface area (Å²) in [6.45, 7) is 0.437. The minimum atomic E-state index is -0.652. The van der Waals surface area contributed by atoms with Crippen LogP contribution in [0.4, 0.5) is 5.69 Å². The third-order valence-electron chi connectivity index (χ3n) is 2.63. The number of rotatable bonds is 6. The molecule has 0 amide bonds. The Balaban J connectivity index is 2.01. The maximum Gasteiger partial charge on any atom is 0.338 e. The largest absolute Gasteiger partial charge is 0.490 e. The molecule has 1 aromatic heterocycles. The van der Waals surface area contributed by atoms with E-state index in [9.17, 15) is 14.9 Å². The fourth-order valence-electron chi connectivity index (χ4n) is 1.62. The number of nitrogens with zero attached hydrogens (tertiary/aromatic N) is 4. The van der Waals surface area contributed by atoms with E-state index in [-0.39, 0.29) is 23.6 Å². The first kappa shape index (κ1) is 14.4. The predicted octanol–water partition coefficient (Wildman–Crippen LogP) is 1.05. The Kier molecular flexibility index (Phi) is 4.44. The molecule has 0 saturated carbocycles. The van der Waals surface area contributed by atoms with Crippen molar-refractivity contribution in [2.45, 2.75) is 6.54 Å². The van der Waals surface area contributed by atoms with E-state index < -0.39 is 10.9 Å². The van der Waals surface area contributed by atoms with Gasteiger partial charge in [-0.2, -0.15) is 5.10 Å². The molecule has 0 aliphatic rings. The number of esters is 1. The second-order valence-corrected chi connectivity index (χ2v) is 3.94. The van der Waals surface area contributed by atoms with Gasteiger partial charge in [0.2, 0.25) is 0 Å². The quantitative estimate of drug-likeness (QED) is 0.444. The Hall–Kier alpha value is -2.97. The molecular weight excluding hydrogens is 280 g/mol. The van der Waals surface area contributed by atoms with Gasteiger partial charge in [-0.3, -0.25) is 10.1 Å². The molecule has 0 unspecified atom stereocenters. The van der Waals surface area contributed by atoms with Gasteiger partial charge in [-0.1, -0.05) is 0 Å². The van der Waals surface area contributed by atoms with Crippen LogP contribution in [0.3, 0.4) is 0 Å². The van der Waals surface area contributed by atoms with E-state index in [4.69, 9.17) is 9.47 Å². The SMILES string of the molecule is COc1ccc(C(=O)OCCn2cncn2)cc1[N+](=O)[O-]. The standard InChI is InChI=1S/C12H12N4O5/c1-20-11-3-2-9(6-10(11)16(18)19)12(17)21-5-4-15-8-13-7-14-15/h2-3,6-8H,4-5H2,1H3. The van der Waals surface area contributed by atoms with Crippen molar-refractivity contribution in [1.82, 2.24) is 14.8 Å². The molecule has 0 bridgehead atoms. The third kappa shape index (κ3) is 3.53. The number of methoxy groups -OCH3 is 1. The van der Waals surface area contributed by atoms with Gasteiger partial charge in [0.1, 0.15) is 19.3 Å². The third-order valence-corrected chi connectivity index (χ3v) is 2.63. The summed E-state index contributed by atoms with van der Waals surface area (Å²) in [7, 11) is 1.32. The summed E-state index contributed by atoms with van der Waals surface area (Å²) >= 11 is 0. The highest BCUT2D eigenvalue weighted by Crippen LogP contribution is 2.27. The molecule has 0 saturated heterocycles. The van der Waals surface area contributed by atoms with E-state index >= 15 is 0 Å². The molecule has 2 aromatic rings. The Morgan fingerprint density at radius 2 is 2.29 bits per heavy atom. The number of nitro groups is 1. The van der Waals surface area contributed by atoms with Gasteiger partial charge >= 0.3 is 11.7 Å². The molecule has 0 aliphatic heterocycles. The molecule has 0 radical (unpaired) electrons. The van der Waals surface area contributed by atoms with E-state index in [1.807, 2.05) is 0 Å². The molecule has 0 atom stereocenters. The van der Waals surface area contributed by atoms with Gasteiger partial charge in [-0.05, 0) is 12.1 Å². The second kappa shape index (κ2) is 6.46. The highest BCUT2D eigenvalue weighted by atomic mass is 16.6. The lowest BCUT2D eigenvalue weighted by Gasteiger charge is -2.06. The molecule has 2 rings (SSSR count). The highest BCUT2D eigenvalue weighted by molar-refractivity contribution is 5.90. The lowest BCUT2D eigenvalue weighted by molar-refractivity contribution is -0.385. The average Bonchev–Trinajstić information content (AvgIpc) is 2.99. The van der Waals surface area contributed by atoms with Crippen molar-refractivity contribution in [2.24, 2.45) is 0 Å². The van der Waals surface area contributed by atoms with Crippen molar-refractivity contribution in [2.75, 3.05) is 13.7 Å². The molecule has 9 heteroatoms. The van der Waals surface area contributed by atoms with E-state index in [0.29, 0.717) is 6.54 Å². The molecule has 0 fully saturated rings. The van der Waals surface area contributed by atoms with Crippen LogP contribution in [-0.4, -0.2) is 39.4 Å². The smallest absolute Gasteiger partial charge is 0.338 e. The van der Waals surface area contributed by atoms with Gasteiger partial charge in [0.25, 0.3) is 0 Å². The van der Waals surface area contributed by atoms with Gasteiger partial charge in [0, 0.05) is 6.07 Å². The van der Waals surface area contributed by atoms with E-state index in [2.05, 4.69) is 10.1 Å². The monoisotopic (exact) mass is 292 g/mol. The number of aromatic nitrogens is 3. The van der Waals surface area contributed by atoms with Gasteiger partial charge in [0.15, 0.2) is 5.75 Å². The molecule has 0 aliphatic carbocycles. The van der Waals surface area contributed by atoms with Gasteiger partial charge < -0.3 is 9.47 Å². The Morgan fingerprint density at radius 1 is 1.48 bits per heavy atom. The van der Waals surface area contributed by atoms with Crippen LogP contribution in [0.15, 0.2) is 30.9 Å². The zero-order valence-corrected chi connectivity index (χ0v) is 11.1. The summed E-state index contributed by atoms with van der Waals surface area (Å²) in [6.07, 6.45) is 2.86. The Bertz CT molecular complexity index is 641. The number of carbonyl (C=O) groups is 1. The first-order chi connectivity index (χ1) is 10.1. The second-order valence-electron chi connectivity index (χ2n) is 3.94. The summed E-state index contributed by atoms with van der Waals surface area (Å²) in [5, 5.41) is 14.7. The van der Waals surface area contributed by atoms with Crippen molar-refractivity contribution < 1.29 is 19.2 Å². The van der Waals surface area contributed by atoms with Crippen LogP contribution in [-0.2, 0) is 11.3 Å². The molecule has 21 heavy (non-hydrogen) atoms. The van der Waals surface area contributed by atoms with E-state index in [1.54, 1.807) is 0 Å². The van der Waals surface area contributed by atoms with Crippen LogP contribution >= 0.6 is 0 Å². The number of benzene rings is 1. The summed E-state index contributed by atoms with van der Waals surface area (Å²) in [4.78, 5) is 25.8. The van der Waals surface area contributed by atoms with Crippen LogP contribution in [0.25, 0.3) is 0 Å². The molecule has 1 heterocycles. The number of hydrogen-bond acceptors (Lipinski definition) is 7. The van der Waals surface area contributed by atoms with Crippen molar-refractivity contribution in [3.63, 3.8) is 0 Å². The van der Waals surface area contributed by atoms with Gasteiger partial charge in [-0.15, -0.1) is 0 Å². The van der Waals surface area contributed by atoms with E-state index in [1.165, 1.54) is 36.6 Å². The van der Waals surface area contributed by atoms with Gasteiger partial charge in [0.05, 0.1) is 24.1 Å². The lowest BCUT2D eigenvalue weighted by Crippen LogP contribution is -2.12. The highest BCUT2D eigenvalue weighted by Gasteiger charge is 2.18. The van der Waals surface area contributed by atoms with Crippen LogP contribution < -0.4 is 4.74 Å². The number of carbonyl (C=O) groups excluding carboxylic acids is 1. The van der Waals surface area contributed by atoms with Crippen LogP contribution in [0, 0.1) is 10.1 Å². The Morgan fingerprint density at radius 3 is 2.90 bits per heavy atom. The van der Waals surface area contributed by atoms with Crippen LogP contribution in [0.5, 0.6) is 5.75 Å². The molecule has 1 aromatic carbocycles. The van der Waals surface area contributed by atoms with Crippen molar-refractivity contribution in [3.8, 4) is 5.75 Å². The fourth-order valence-corrected chi connectivity index (χ4v) is 1.62. The molecule has 110 valence electrons. The molecule has 0 spiro atoms. The summed E-state index contributed by atoms with van der Waals surface area (Å²) < 4.78 is 11.4. The minimum absolute atomic E-state index is 0.0826. The molecule has 9 nitrogen and oxygen atoms in total. The summed E-state index contributed by atoms with van der Waals surface area (Å²) in [5.41, 5.74) is -0.204. The first-order valence-corrected chi connectivity index (χ1v) is 5.94. The minimum Gasteiger partial charge on any atom is -0.490 e. The van der Waals surface area contributed by atoms with Crippen molar-refractivity contribution in [3.05, 3.63) is 46.5 Å². The van der Waals surface area contributed by atoms with Crippen molar-refractivity contribution >= 4 is 11.7 Å². The van der Waals surface area contributed by atoms with Crippen LogP contribution in [0.2, 0.25) is 0 Å². The zero-order valence-electron chi connectivity index (χ0n) is 11.1. The van der Waals surface area contributed by atoms with Crippen LogP contribution in [0.1, 0.15) is 10.4 Å². The number of hydrogen-bond donors (Lipinski definition) is 0. The lowest BCUT2D eigenvalue weighted by atomic mass is 10.2. The summed E-state index contributed by atoms with van der Waals surface area (Å²) in [5.74, 6) is -0.569.